The SMILES string of the molecule is C=C(C)c1ccc(C(=O)NCC(=O)O[C@H]2CC(=O)N(C)c3cc(cc(CO)c3Cl)C/C(C)=C/C=C/[C@@H](CO)[C@@]3(O)C[C@H](OC(=O)N3)[C@@H](C)[C@@H]3O[C@@]23C)cc1. The molecule has 7 atom stereocenters. The number of allylic oxidation sites excluding steroid dienone is 4. The molecule has 0 radical (unpaired) electrons. The molecule has 5 N–H and O–H groups in total. The van der Waals surface area contributed by atoms with Crippen molar-refractivity contribution < 1.29 is 48.7 Å². The number of epoxide rings is 1. The number of nitrogens with zero attached hydrogens (tertiary/aromatic N) is 1. The van der Waals surface area contributed by atoms with Crippen LogP contribution in [0.25, 0.3) is 5.57 Å². The summed E-state index contributed by atoms with van der Waals surface area (Å²) in [7, 11) is 1.53. The lowest BCUT2D eigenvalue weighted by atomic mass is 9.81. The van der Waals surface area contributed by atoms with Crippen LogP contribution in [0.2, 0.25) is 5.02 Å². The number of carbonyl (C=O) groups excluding carboxylic acids is 4. The molecule has 54 heavy (non-hydrogen) atoms. The molecule has 13 nitrogen and oxygen atoms in total. The third-order valence-electron chi connectivity index (χ3n) is 10.5. The molecule has 14 heteroatoms. The quantitative estimate of drug-likeness (QED) is 0.202. The van der Waals surface area contributed by atoms with Crippen molar-refractivity contribution in [1.82, 2.24) is 10.6 Å². The van der Waals surface area contributed by atoms with Gasteiger partial charge < -0.3 is 39.7 Å². The predicted octanol–water partition coefficient (Wildman–Crippen LogP) is 4.21. The number of fused-ring (bicyclic) bond motifs is 5. The standard InChI is InChI=1S/C40H48ClN3O10/c1-22(2)26-10-12-27(13-11-26)37(49)42-19-34(48)53-32-17-33(47)44(6)30-16-25(15-28(20-45)35(30)41)14-23(3)8-7-9-29(21-46)40(51)18-31(52-38(50)43-40)24(4)36-39(32,5)54-36/h7-13,15-16,24,29,31-32,36,45-46,51H,1,14,17-21H2,2-6H3,(H,42,49)(H,43,50)/b9-7+,23-8+/t24-,29+,31+,32+,36+,39+,40+/m1/s1. The lowest BCUT2D eigenvalue weighted by Crippen LogP contribution is -2.62. The van der Waals surface area contributed by atoms with Crippen LogP contribution in [0.5, 0.6) is 0 Å². The minimum Gasteiger partial charge on any atom is -0.457 e. The highest BCUT2D eigenvalue weighted by molar-refractivity contribution is 6.34. The normalized spacial score (nSPS) is 30.1. The highest BCUT2D eigenvalue weighted by atomic mass is 35.5. The zero-order valence-electron chi connectivity index (χ0n) is 31.1. The number of hydrogen-bond donors (Lipinski definition) is 5. The van der Waals surface area contributed by atoms with Crippen LogP contribution >= 0.6 is 11.6 Å². The molecule has 2 aromatic rings. The first kappa shape index (κ1) is 40.7. The van der Waals surface area contributed by atoms with Gasteiger partial charge in [0.1, 0.15) is 24.4 Å². The van der Waals surface area contributed by atoms with Gasteiger partial charge in [0.15, 0.2) is 5.72 Å². The summed E-state index contributed by atoms with van der Waals surface area (Å²) in [6, 6.07) is 10.2. The molecule has 4 bridgehead atoms. The average molecular weight is 766 g/mol. The molecular weight excluding hydrogens is 718 g/mol. The first-order valence-electron chi connectivity index (χ1n) is 17.8. The van der Waals surface area contributed by atoms with Crippen molar-refractivity contribution in [1.29, 1.82) is 0 Å². The molecule has 290 valence electrons. The van der Waals surface area contributed by atoms with Crippen LogP contribution in [0.15, 0.2) is 66.8 Å². The Morgan fingerprint density at radius 1 is 1.17 bits per heavy atom. The van der Waals surface area contributed by atoms with Crippen LogP contribution in [0.3, 0.4) is 0 Å². The number of benzene rings is 2. The van der Waals surface area contributed by atoms with Gasteiger partial charge in [-0.2, -0.15) is 0 Å². The van der Waals surface area contributed by atoms with Crippen molar-refractivity contribution in [2.24, 2.45) is 11.8 Å². The van der Waals surface area contributed by atoms with E-state index >= 15 is 0 Å². The van der Waals surface area contributed by atoms with E-state index in [0.29, 0.717) is 23.2 Å². The molecule has 0 aliphatic carbocycles. The van der Waals surface area contributed by atoms with E-state index in [0.717, 1.165) is 22.3 Å². The van der Waals surface area contributed by atoms with Gasteiger partial charge in [0.2, 0.25) is 5.91 Å². The number of amides is 3. The fourth-order valence-electron chi connectivity index (χ4n) is 7.05. The van der Waals surface area contributed by atoms with E-state index < -0.39 is 78.5 Å². The average Bonchev–Trinajstić information content (AvgIpc) is 3.83. The Bertz CT molecular complexity index is 1860. The van der Waals surface area contributed by atoms with Gasteiger partial charge in [0.05, 0.1) is 36.4 Å². The second-order valence-corrected chi connectivity index (χ2v) is 14.9. The largest absolute Gasteiger partial charge is 0.457 e. The topological polar surface area (TPSA) is 187 Å². The highest BCUT2D eigenvalue weighted by Crippen LogP contribution is 2.49. The summed E-state index contributed by atoms with van der Waals surface area (Å²) in [6.45, 7) is 9.66. The van der Waals surface area contributed by atoms with Crippen LogP contribution in [0, 0.1) is 11.8 Å². The number of halogens is 1. The number of esters is 1. The molecule has 2 aromatic carbocycles. The summed E-state index contributed by atoms with van der Waals surface area (Å²) in [4.78, 5) is 54.4. The van der Waals surface area contributed by atoms with Gasteiger partial charge >= 0.3 is 12.1 Å². The second-order valence-electron chi connectivity index (χ2n) is 14.6. The molecule has 0 spiro atoms. The number of aliphatic hydroxyl groups is 3. The zero-order chi connectivity index (χ0) is 39.5. The number of carbonyl (C=O) groups is 4. The van der Waals surface area contributed by atoms with Gasteiger partial charge in [-0.1, -0.05) is 72.7 Å². The molecule has 3 aliphatic heterocycles. The Morgan fingerprint density at radius 2 is 1.85 bits per heavy atom. The van der Waals surface area contributed by atoms with E-state index in [4.69, 9.17) is 25.8 Å². The van der Waals surface area contributed by atoms with Gasteiger partial charge in [-0.25, -0.2) is 4.79 Å². The zero-order valence-corrected chi connectivity index (χ0v) is 31.8. The predicted molar refractivity (Wildman–Crippen MR) is 201 cm³/mol. The van der Waals surface area contributed by atoms with Gasteiger partial charge in [0, 0.05) is 30.9 Å². The summed E-state index contributed by atoms with van der Waals surface area (Å²) in [6.07, 6.45) is 1.36. The van der Waals surface area contributed by atoms with E-state index in [2.05, 4.69) is 17.2 Å². The molecule has 3 aliphatic rings. The summed E-state index contributed by atoms with van der Waals surface area (Å²) >= 11 is 6.70. The van der Waals surface area contributed by atoms with Crippen LogP contribution in [0.4, 0.5) is 10.5 Å². The third kappa shape index (κ3) is 8.88. The van der Waals surface area contributed by atoms with Gasteiger partial charge in [-0.05, 0) is 62.1 Å². The van der Waals surface area contributed by atoms with E-state index in [-0.39, 0.29) is 24.5 Å². The number of alkyl carbamates (subject to hydrolysis) is 1. The Labute approximate surface area is 319 Å². The van der Waals surface area contributed by atoms with E-state index in [1.54, 1.807) is 68.5 Å². The van der Waals surface area contributed by atoms with Crippen molar-refractivity contribution in [3.8, 4) is 0 Å². The summed E-state index contributed by atoms with van der Waals surface area (Å²) in [5.41, 5.74) is 1.25. The molecule has 0 saturated carbocycles. The number of hydrogen-bond acceptors (Lipinski definition) is 10. The number of anilines is 1. The fourth-order valence-corrected chi connectivity index (χ4v) is 7.35. The Kier molecular flexibility index (Phi) is 12.4. The molecule has 0 aromatic heterocycles. The molecular formula is C40H48ClN3O10. The molecule has 0 unspecified atom stereocenters. The fraction of sp³-hybridized carbons (Fsp3) is 0.450. The van der Waals surface area contributed by atoms with Gasteiger partial charge in [-0.3, -0.25) is 19.7 Å². The van der Waals surface area contributed by atoms with Gasteiger partial charge in [-0.15, -0.1) is 0 Å². The van der Waals surface area contributed by atoms with Crippen molar-refractivity contribution in [3.63, 3.8) is 0 Å². The maximum Gasteiger partial charge on any atom is 0.409 e. The van der Waals surface area contributed by atoms with Crippen molar-refractivity contribution in [2.45, 2.75) is 83.2 Å². The Hall–Kier alpha value is -4.53. The maximum atomic E-state index is 14.0. The van der Waals surface area contributed by atoms with Crippen LogP contribution in [0.1, 0.15) is 67.6 Å². The summed E-state index contributed by atoms with van der Waals surface area (Å²) < 4.78 is 17.7. The maximum absolute atomic E-state index is 14.0. The third-order valence-corrected chi connectivity index (χ3v) is 10.9. The van der Waals surface area contributed by atoms with E-state index in [1.165, 1.54) is 11.9 Å². The molecule has 3 heterocycles. The smallest absolute Gasteiger partial charge is 0.409 e. The van der Waals surface area contributed by atoms with Crippen molar-refractivity contribution in [3.05, 3.63) is 94.1 Å². The second kappa shape index (κ2) is 16.5. The summed E-state index contributed by atoms with van der Waals surface area (Å²) in [5.74, 6) is -3.29. The number of rotatable bonds is 7. The Morgan fingerprint density at radius 3 is 2.50 bits per heavy atom. The monoisotopic (exact) mass is 765 g/mol. The number of nitrogens with one attached hydrogen (secondary N) is 2. The van der Waals surface area contributed by atoms with Crippen LogP contribution in [-0.4, -0.2) is 89.0 Å². The molecule has 2 saturated heterocycles. The summed E-state index contributed by atoms with van der Waals surface area (Å²) in [5, 5.41) is 37.3. The molecule has 2 fully saturated rings. The van der Waals surface area contributed by atoms with Crippen LogP contribution < -0.4 is 15.5 Å². The lowest BCUT2D eigenvalue weighted by molar-refractivity contribution is -0.152. The molecule has 3 amide bonds. The number of ether oxygens (including phenoxy) is 3. The van der Waals surface area contributed by atoms with E-state index in [9.17, 15) is 34.5 Å². The molecule has 5 rings (SSSR count). The van der Waals surface area contributed by atoms with Crippen molar-refractivity contribution >= 4 is 46.7 Å². The lowest BCUT2D eigenvalue weighted by Gasteiger charge is -2.42. The first-order valence-corrected chi connectivity index (χ1v) is 18.1. The minimum atomic E-state index is -1.87. The minimum absolute atomic E-state index is 0.103. The number of aliphatic hydroxyl groups excluding tert-OH is 2. The van der Waals surface area contributed by atoms with Crippen LogP contribution in [-0.2, 0) is 36.8 Å². The van der Waals surface area contributed by atoms with Crippen molar-refractivity contribution in [2.75, 3.05) is 25.1 Å². The van der Waals surface area contributed by atoms with E-state index in [1.807, 2.05) is 13.8 Å². The Balaban J connectivity index is 1.47. The first-order chi connectivity index (χ1) is 25.5. The van der Waals surface area contributed by atoms with Gasteiger partial charge in [0.25, 0.3) is 5.91 Å². The highest BCUT2D eigenvalue weighted by Gasteiger charge is 2.64.